The van der Waals surface area contributed by atoms with Crippen molar-refractivity contribution in [1.82, 2.24) is 0 Å². The summed E-state index contributed by atoms with van der Waals surface area (Å²) >= 11 is 3.39. The second-order valence-electron chi connectivity index (χ2n) is 5.30. The van der Waals surface area contributed by atoms with Crippen molar-refractivity contribution in [2.24, 2.45) is 0 Å². The molecule has 0 aliphatic carbocycles. The van der Waals surface area contributed by atoms with Crippen molar-refractivity contribution in [3.05, 3.63) is 70.2 Å². The Morgan fingerprint density at radius 1 is 1.12 bits per heavy atom. The summed E-state index contributed by atoms with van der Waals surface area (Å²) in [5.74, 6) is -1.04. The van der Waals surface area contributed by atoms with Crippen LogP contribution in [0.15, 0.2) is 59.1 Å². The van der Waals surface area contributed by atoms with Crippen molar-refractivity contribution in [3.63, 3.8) is 0 Å². The zero-order chi connectivity index (χ0) is 17.4. The average Bonchev–Trinajstić information content (AvgIpc) is 2.56. The van der Waals surface area contributed by atoms with E-state index < -0.39 is 5.97 Å². The molecule has 0 spiro atoms. The van der Waals surface area contributed by atoms with E-state index in [1.165, 1.54) is 11.6 Å². The molecule has 0 aliphatic rings. The maximum atomic E-state index is 12.0. The van der Waals surface area contributed by atoms with Crippen LogP contribution >= 0.6 is 15.9 Å². The predicted molar refractivity (Wildman–Crippen MR) is 98.8 cm³/mol. The van der Waals surface area contributed by atoms with E-state index in [1.807, 2.05) is 18.2 Å². The number of hydrogen-bond donors (Lipinski definition) is 2. The van der Waals surface area contributed by atoms with Crippen LogP contribution in [0, 0.1) is 0 Å². The minimum Gasteiger partial charge on any atom is -0.478 e. The van der Waals surface area contributed by atoms with E-state index in [9.17, 15) is 9.59 Å². The van der Waals surface area contributed by atoms with Crippen LogP contribution in [-0.2, 0) is 16.0 Å². The molecule has 0 saturated heterocycles. The van der Waals surface area contributed by atoms with E-state index >= 15 is 0 Å². The molecule has 0 aromatic heterocycles. The van der Waals surface area contributed by atoms with Crippen molar-refractivity contribution in [1.29, 1.82) is 0 Å². The Labute approximate surface area is 149 Å². The van der Waals surface area contributed by atoms with Gasteiger partial charge < -0.3 is 10.4 Å². The van der Waals surface area contributed by atoms with Gasteiger partial charge in [0.15, 0.2) is 0 Å². The third-order valence-electron chi connectivity index (χ3n) is 3.40. The molecular formula is C19H18BrNO3. The normalized spacial score (nSPS) is 10.7. The summed E-state index contributed by atoms with van der Waals surface area (Å²) in [5.41, 5.74) is 2.64. The molecule has 2 aromatic rings. The third kappa shape index (κ3) is 6.01. The Hall–Kier alpha value is -2.40. The van der Waals surface area contributed by atoms with E-state index in [-0.39, 0.29) is 5.91 Å². The monoisotopic (exact) mass is 387 g/mol. The lowest BCUT2D eigenvalue weighted by Crippen LogP contribution is -2.12. The fourth-order valence-corrected chi connectivity index (χ4v) is 2.71. The SMILES string of the molecule is O=C(O)/C=C/c1ccc(NC(=O)CCCc2ccccc2)c(Br)c1. The Kier molecular flexibility index (Phi) is 6.75. The van der Waals surface area contributed by atoms with Gasteiger partial charge in [0.05, 0.1) is 5.69 Å². The number of nitrogens with one attached hydrogen (secondary N) is 1. The number of aliphatic carboxylic acids is 1. The number of aryl methyl sites for hydroxylation is 1. The number of amides is 1. The lowest BCUT2D eigenvalue weighted by molar-refractivity contribution is -0.131. The second kappa shape index (κ2) is 9.03. The molecule has 0 heterocycles. The summed E-state index contributed by atoms with van der Waals surface area (Å²) in [4.78, 5) is 22.5. The zero-order valence-electron chi connectivity index (χ0n) is 13.0. The molecule has 0 radical (unpaired) electrons. The van der Waals surface area contributed by atoms with Gasteiger partial charge in [0.2, 0.25) is 5.91 Å². The fourth-order valence-electron chi connectivity index (χ4n) is 2.21. The van der Waals surface area contributed by atoms with Gasteiger partial charge in [-0.2, -0.15) is 0 Å². The number of benzene rings is 2. The molecule has 124 valence electrons. The van der Waals surface area contributed by atoms with Crippen molar-refractivity contribution in [2.75, 3.05) is 5.32 Å². The maximum Gasteiger partial charge on any atom is 0.328 e. The zero-order valence-corrected chi connectivity index (χ0v) is 14.6. The van der Waals surface area contributed by atoms with E-state index in [0.29, 0.717) is 16.6 Å². The summed E-state index contributed by atoms with van der Waals surface area (Å²) in [5, 5.41) is 11.5. The Morgan fingerprint density at radius 2 is 1.88 bits per heavy atom. The average molecular weight is 388 g/mol. The van der Waals surface area contributed by atoms with Crippen LogP contribution in [0.1, 0.15) is 24.0 Å². The number of halogens is 1. The smallest absolute Gasteiger partial charge is 0.328 e. The molecule has 2 rings (SSSR count). The number of carbonyl (C=O) groups is 2. The van der Waals surface area contributed by atoms with Gasteiger partial charge in [-0.05, 0) is 58.1 Å². The largest absolute Gasteiger partial charge is 0.478 e. The van der Waals surface area contributed by atoms with Crippen LogP contribution in [-0.4, -0.2) is 17.0 Å². The van der Waals surface area contributed by atoms with Crippen LogP contribution in [0.25, 0.3) is 6.08 Å². The molecule has 0 atom stereocenters. The third-order valence-corrected chi connectivity index (χ3v) is 4.05. The highest BCUT2D eigenvalue weighted by atomic mass is 79.9. The first-order valence-corrected chi connectivity index (χ1v) is 8.38. The highest BCUT2D eigenvalue weighted by molar-refractivity contribution is 9.10. The molecule has 0 aliphatic heterocycles. The molecule has 0 saturated carbocycles. The van der Waals surface area contributed by atoms with Gasteiger partial charge in [0.25, 0.3) is 0 Å². The van der Waals surface area contributed by atoms with Crippen LogP contribution in [0.4, 0.5) is 5.69 Å². The van der Waals surface area contributed by atoms with Crippen LogP contribution in [0.5, 0.6) is 0 Å². The Morgan fingerprint density at radius 3 is 2.54 bits per heavy atom. The minimum absolute atomic E-state index is 0.0412. The molecule has 2 aromatic carbocycles. The van der Waals surface area contributed by atoms with Gasteiger partial charge in [-0.3, -0.25) is 4.79 Å². The summed E-state index contributed by atoms with van der Waals surface area (Å²) in [7, 11) is 0. The first kappa shape index (κ1) is 17.9. The fraction of sp³-hybridized carbons (Fsp3) is 0.158. The standard InChI is InChI=1S/C19H18BrNO3/c20-16-13-15(10-12-19(23)24)9-11-17(16)21-18(22)8-4-7-14-5-2-1-3-6-14/h1-3,5-6,9-13H,4,7-8H2,(H,21,22)(H,23,24)/b12-10+. The summed E-state index contributed by atoms with van der Waals surface area (Å²) in [6.07, 6.45) is 4.67. The Bertz CT molecular complexity index is 742. The van der Waals surface area contributed by atoms with Gasteiger partial charge in [-0.1, -0.05) is 36.4 Å². The van der Waals surface area contributed by atoms with Gasteiger partial charge in [0.1, 0.15) is 0 Å². The number of anilines is 1. The van der Waals surface area contributed by atoms with Crippen LogP contribution in [0.3, 0.4) is 0 Å². The first-order chi connectivity index (χ1) is 11.5. The Balaban J connectivity index is 1.86. The van der Waals surface area contributed by atoms with Gasteiger partial charge in [-0.25, -0.2) is 4.79 Å². The molecule has 1 amide bonds. The number of hydrogen-bond acceptors (Lipinski definition) is 2. The molecule has 0 bridgehead atoms. The number of carboxylic acid groups (broad SMARTS) is 1. The molecule has 5 heteroatoms. The van der Waals surface area contributed by atoms with Crippen LogP contribution in [0.2, 0.25) is 0 Å². The van der Waals surface area contributed by atoms with E-state index in [0.717, 1.165) is 24.5 Å². The number of carbonyl (C=O) groups excluding carboxylic acids is 1. The highest BCUT2D eigenvalue weighted by Gasteiger charge is 2.06. The topological polar surface area (TPSA) is 66.4 Å². The predicted octanol–water partition coefficient (Wildman–Crippen LogP) is 4.51. The van der Waals surface area contributed by atoms with Crippen molar-refractivity contribution < 1.29 is 14.7 Å². The summed E-state index contributed by atoms with van der Waals surface area (Å²) < 4.78 is 0.714. The van der Waals surface area contributed by atoms with Crippen molar-refractivity contribution in [2.45, 2.75) is 19.3 Å². The van der Waals surface area contributed by atoms with Crippen molar-refractivity contribution >= 4 is 39.6 Å². The van der Waals surface area contributed by atoms with Crippen molar-refractivity contribution in [3.8, 4) is 0 Å². The molecular weight excluding hydrogens is 370 g/mol. The molecule has 0 fully saturated rings. The minimum atomic E-state index is -0.998. The molecule has 4 nitrogen and oxygen atoms in total. The lowest BCUT2D eigenvalue weighted by atomic mass is 10.1. The molecule has 0 unspecified atom stereocenters. The van der Waals surface area contributed by atoms with Gasteiger partial charge in [0, 0.05) is 17.0 Å². The second-order valence-corrected chi connectivity index (χ2v) is 6.15. The maximum absolute atomic E-state index is 12.0. The summed E-state index contributed by atoms with van der Waals surface area (Å²) in [6, 6.07) is 15.3. The number of carboxylic acids is 1. The van der Waals surface area contributed by atoms with Gasteiger partial charge >= 0.3 is 5.97 Å². The number of rotatable bonds is 7. The van der Waals surface area contributed by atoms with E-state index in [1.54, 1.807) is 18.2 Å². The quantitative estimate of drug-likeness (QED) is 0.686. The molecule has 24 heavy (non-hydrogen) atoms. The van der Waals surface area contributed by atoms with Gasteiger partial charge in [-0.15, -0.1) is 0 Å². The molecule has 2 N–H and O–H groups in total. The highest BCUT2D eigenvalue weighted by Crippen LogP contribution is 2.24. The summed E-state index contributed by atoms with van der Waals surface area (Å²) in [6.45, 7) is 0. The first-order valence-electron chi connectivity index (χ1n) is 7.59. The van der Waals surface area contributed by atoms with Crippen LogP contribution < -0.4 is 5.32 Å². The van der Waals surface area contributed by atoms with E-state index in [4.69, 9.17) is 5.11 Å². The lowest BCUT2D eigenvalue weighted by Gasteiger charge is -2.08. The van der Waals surface area contributed by atoms with E-state index in [2.05, 4.69) is 33.4 Å².